The van der Waals surface area contributed by atoms with E-state index in [1.54, 1.807) is 21.1 Å². The third-order valence-corrected chi connectivity index (χ3v) is 24.2. The molecule has 97 heavy (non-hydrogen) atoms. The smallest absolute Gasteiger partial charge is 0.322 e. The Labute approximate surface area is 576 Å². The van der Waals surface area contributed by atoms with Gasteiger partial charge in [0.1, 0.15) is 40.3 Å². The van der Waals surface area contributed by atoms with Crippen LogP contribution in [0.2, 0.25) is 0 Å². The molecule has 3 aromatic carbocycles. The van der Waals surface area contributed by atoms with E-state index >= 15 is 4.79 Å². The van der Waals surface area contributed by atoms with Gasteiger partial charge in [-0.2, -0.15) is 0 Å². The number of anilines is 2. The average Bonchev–Trinajstić information content (AvgIpc) is 1.51. The number of nitrogens with zero attached hydrogens (tertiary/aromatic N) is 5. The lowest BCUT2D eigenvalue weighted by atomic mass is 9.47. The van der Waals surface area contributed by atoms with Crippen LogP contribution in [-0.4, -0.2) is 203 Å². The van der Waals surface area contributed by atoms with Gasteiger partial charge in [-0.3, -0.25) is 29.1 Å². The molecule has 2 saturated heterocycles. The van der Waals surface area contributed by atoms with Crippen LogP contribution < -0.4 is 19.3 Å². The Hall–Kier alpha value is -6.69. The number of hydrogen-bond donors (Lipinski definition) is 3. The number of aliphatic hydroxyl groups is 2. The number of carbonyl (C=O) groups excluding carboxylic acids is 3. The molecule has 526 valence electrons. The fraction of sp³-hybridized carbons (Fsp3) is 0.608. The Bertz CT molecular complexity index is 3750. The van der Waals surface area contributed by atoms with Gasteiger partial charge in [-0.25, -0.2) is 0 Å². The number of hydrogen-bond acceptors (Lipinski definition) is 17. The third kappa shape index (κ3) is 10.6. The molecule has 14 rings (SSSR count). The monoisotopic (exact) mass is 1330 g/mol. The number of aromatic amines is 1. The molecule has 4 fully saturated rings. The van der Waals surface area contributed by atoms with E-state index in [4.69, 9.17) is 33.2 Å². The zero-order valence-corrected chi connectivity index (χ0v) is 59.1. The number of benzene rings is 3. The summed E-state index contributed by atoms with van der Waals surface area (Å²) < 4.78 is 43.0. The fourth-order valence-corrected chi connectivity index (χ4v) is 21.3. The quantitative estimate of drug-likeness (QED) is 0.0298. The van der Waals surface area contributed by atoms with E-state index in [9.17, 15) is 19.8 Å². The van der Waals surface area contributed by atoms with Crippen molar-refractivity contribution in [2.45, 2.75) is 184 Å². The molecular weight excluding hydrogens is 1220 g/mol. The molecular formula is C79H108N6O12. The van der Waals surface area contributed by atoms with Crippen LogP contribution >= 0.6 is 0 Å². The molecule has 3 unspecified atom stereocenters. The number of terminal acetylenes is 1. The molecule has 8 aliphatic heterocycles. The van der Waals surface area contributed by atoms with Gasteiger partial charge in [0.2, 0.25) is 0 Å². The van der Waals surface area contributed by atoms with Gasteiger partial charge in [-0.05, 0) is 119 Å². The van der Waals surface area contributed by atoms with Crippen LogP contribution in [0.3, 0.4) is 0 Å². The molecule has 0 radical (unpaired) electrons. The highest BCUT2D eigenvalue weighted by Crippen LogP contribution is 2.70. The van der Waals surface area contributed by atoms with E-state index in [1.807, 2.05) is 26.2 Å². The van der Waals surface area contributed by atoms with E-state index in [0.29, 0.717) is 31.8 Å². The molecule has 15 atom stereocenters. The molecule has 10 aliphatic rings. The second-order valence-corrected chi connectivity index (χ2v) is 29.0. The van der Waals surface area contributed by atoms with E-state index in [1.165, 1.54) is 32.1 Å². The first-order valence-electron chi connectivity index (χ1n) is 35.3. The van der Waals surface area contributed by atoms with Gasteiger partial charge in [0.05, 0.1) is 46.6 Å². The predicted octanol–water partition coefficient (Wildman–Crippen LogP) is 10.2. The number of carbonyl (C=O) groups is 3. The summed E-state index contributed by atoms with van der Waals surface area (Å²) in [6.07, 6.45) is 21.2. The molecule has 2 aliphatic carbocycles. The van der Waals surface area contributed by atoms with Crippen molar-refractivity contribution in [1.29, 1.82) is 0 Å². The maximum absolute atomic E-state index is 15.3. The minimum Gasteiger partial charge on any atom is -0.497 e. The standard InChI is InChI=1S/C48H62N4O7.C27H38N2O5.C3H4.CH4/c1-8-22-58-29-48(55)42-46(18-21-52-19-13-17-45(10-3,41(46)52)43(48)59-30(4)53)35-24-36(39(56-6)25-38(35)50(42)5)47(44(54)57-7)26-32-23-31(9-2)27-51(28-32)20-16-34-33-14-11-12-15-37(33)49-40(34)47;1-6-15-33-17-27(31)23-26(20-10-9-19(32-5)16-21(20)28(23)4)12-14-29-13-8-11-25(7-2,22(26)29)24(27)34-18(3)30;1-3-2;/h11-15,17,23-25,32,41-43,49,55H,8-10,16,18-22,26-29H2,1-7H3;8-11,16,22-24,31H,6-7,12-15,17H2,1-5H3;1H,2H3;1H4/t32-,41?,42+,43+,45+,46+,47-,48-;22?,23-,24-,25-,26-,27+;;/m01../s1. The van der Waals surface area contributed by atoms with Crippen LogP contribution in [0.15, 0.2) is 90.6 Å². The highest BCUT2D eigenvalue weighted by molar-refractivity contribution is 5.94. The molecule has 1 aromatic heterocycles. The van der Waals surface area contributed by atoms with Crippen LogP contribution in [-0.2, 0) is 60.7 Å². The maximum Gasteiger partial charge on any atom is 0.322 e. The number of nitrogens with one attached hydrogen (secondary N) is 1. The predicted molar refractivity (Wildman–Crippen MR) is 380 cm³/mol. The average molecular weight is 1330 g/mol. The van der Waals surface area contributed by atoms with Gasteiger partial charge < -0.3 is 58.2 Å². The maximum atomic E-state index is 15.3. The van der Waals surface area contributed by atoms with Gasteiger partial charge in [0.25, 0.3) is 0 Å². The van der Waals surface area contributed by atoms with Crippen LogP contribution in [0.25, 0.3) is 10.9 Å². The number of esters is 3. The number of likely N-dealkylation sites (N-methyl/N-ethyl adjacent to an activating group) is 2. The topological polar surface area (TPSA) is 188 Å². The first-order chi connectivity index (χ1) is 46.2. The lowest BCUT2D eigenvalue weighted by Crippen LogP contribution is -2.80. The summed E-state index contributed by atoms with van der Waals surface area (Å²) in [7, 11) is 8.97. The second-order valence-electron chi connectivity index (χ2n) is 29.0. The Morgan fingerprint density at radius 3 is 1.78 bits per heavy atom. The normalized spacial score (nSPS) is 34.3. The number of aromatic nitrogens is 1. The molecule has 2 saturated carbocycles. The first-order valence-corrected chi connectivity index (χ1v) is 35.3. The molecule has 18 heteroatoms. The summed E-state index contributed by atoms with van der Waals surface area (Å²) >= 11 is 0. The molecule has 0 amide bonds. The van der Waals surface area contributed by atoms with Crippen molar-refractivity contribution in [3.63, 3.8) is 0 Å². The fourth-order valence-electron chi connectivity index (χ4n) is 21.3. The van der Waals surface area contributed by atoms with Crippen LogP contribution in [0.5, 0.6) is 11.5 Å². The molecule has 3 N–H and O–H groups in total. The van der Waals surface area contributed by atoms with E-state index in [0.717, 1.165) is 141 Å². The van der Waals surface area contributed by atoms with E-state index < -0.39 is 57.1 Å². The van der Waals surface area contributed by atoms with Crippen molar-refractivity contribution in [2.24, 2.45) is 16.7 Å². The van der Waals surface area contributed by atoms with Gasteiger partial charge in [-0.1, -0.05) is 102 Å². The summed E-state index contributed by atoms with van der Waals surface area (Å²) in [5.74, 6) is 2.58. The van der Waals surface area contributed by atoms with Crippen molar-refractivity contribution < 1.29 is 57.8 Å². The SMILES string of the molecule is C.C#CC.CCCOC[C@@]1(O)[C@H](OC(C)=O)[C@]2(CC)C=CCN3CC[C@@]4(c5cc([C@@]6(C(=O)OC)C[C@@H]7C=C(CC)CN(CCc8c6[nH]c6ccccc86)C7)c(OC)cc5N(C)[C@@H]14)C32.CCCOC[C@@]1(O)[C@H](OC(C)=O)[C@]2(CC)C=CCN3CC[C@@]4(c5ccc(OC)cc5N(C)[C@@H]14)C32. The number of fused-ring (bicyclic) bond motifs is 7. The van der Waals surface area contributed by atoms with Crippen LogP contribution in [0.1, 0.15) is 142 Å². The van der Waals surface area contributed by atoms with E-state index in [2.05, 4.69) is 149 Å². The summed E-state index contributed by atoms with van der Waals surface area (Å²) in [5, 5.41) is 27.5. The van der Waals surface area contributed by atoms with Crippen LogP contribution in [0.4, 0.5) is 11.4 Å². The summed E-state index contributed by atoms with van der Waals surface area (Å²) in [4.78, 5) is 56.8. The summed E-state index contributed by atoms with van der Waals surface area (Å²) in [5.41, 5.74) is 3.01. The van der Waals surface area contributed by atoms with Crippen molar-refractivity contribution in [1.82, 2.24) is 19.7 Å². The Balaban J connectivity index is 0.000000213. The zero-order valence-electron chi connectivity index (χ0n) is 59.1. The summed E-state index contributed by atoms with van der Waals surface area (Å²) in [6, 6.07) is 18.2. The lowest BCUT2D eigenvalue weighted by molar-refractivity contribution is -0.233. The second kappa shape index (κ2) is 27.4. The number of para-hydroxylation sites is 1. The molecule has 9 heterocycles. The van der Waals surface area contributed by atoms with Crippen molar-refractivity contribution in [2.75, 3.05) is 117 Å². The third-order valence-electron chi connectivity index (χ3n) is 24.2. The largest absolute Gasteiger partial charge is 0.497 e. The van der Waals surface area contributed by atoms with Gasteiger partial charge in [-0.15, -0.1) is 12.3 Å². The van der Waals surface area contributed by atoms with Gasteiger partial charge in [0, 0.05) is 153 Å². The Kier molecular flexibility index (Phi) is 20.3. The molecule has 2 spiro atoms. The molecule has 18 nitrogen and oxygen atoms in total. The van der Waals surface area contributed by atoms with E-state index in [-0.39, 0.29) is 62.0 Å². The first kappa shape index (κ1) is 71.6. The zero-order chi connectivity index (χ0) is 68.5. The highest BCUT2D eigenvalue weighted by atomic mass is 16.6. The lowest BCUT2D eigenvalue weighted by Gasteiger charge is -2.64. The minimum atomic E-state index is -1.60. The number of methoxy groups -OCH3 is 3. The van der Waals surface area contributed by atoms with Crippen molar-refractivity contribution in [3.05, 3.63) is 118 Å². The van der Waals surface area contributed by atoms with Gasteiger partial charge in [0.15, 0.2) is 0 Å². The molecule has 2 bridgehead atoms. The van der Waals surface area contributed by atoms with Gasteiger partial charge >= 0.3 is 17.9 Å². The van der Waals surface area contributed by atoms with Crippen molar-refractivity contribution in [3.8, 4) is 23.8 Å². The number of ether oxygens (including phenoxy) is 7. The number of H-pyrrole nitrogens is 1. The molecule has 4 aromatic rings. The Morgan fingerprint density at radius 1 is 0.711 bits per heavy atom. The minimum absolute atomic E-state index is 0. The Morgan fingerprint density at radius 2 is 1.27 bits per heavy atom. The highest BCUT2D eigenvalue weighted by Gasteiger charge is 2.80. The summed E-state index contributed by atoms with van der Waals surface area (Å²) in [6.45, 7) is 22.3. The van der Waals surface area contributed by atoms with Crippen LogP contribution in [0, 0.1) is 29.1 Å². The number of rotatable bonds is 17. The van der Waals surface area contributed by atoms with Crippen molar-refractivity contribution >= 4 is 40.2 Å².